The van der Waals surface area contributed by atoms with Gasteiger partial charge in [-0.05, 0) is 0 Å². The number of carboxylic acids is 1. The molecule has 0 aromatic heterocycles. The summed E-state index contributed by atoms with van der Waals surface area (Å²) in [6, 6.07) is 0. The number of carboxylic acid groups (broad SMARTS) is 1. The number of halogens is 1. The maximum Gasteiger partial charge on any atom is 2.00 e. The summed E-state index contributed by atoms with van der Waals surface area (Å²) in [7, 11) is 0. The number of aliphatic hydroxyl groups excluding tert-OH is 5. The first-order chi connectivity index (χ1) is 5.91. The minimum Gasteiger partial charge on any atom is -1.00 e. The maximum absolute atomic E-state index is 9.98. The molecule has 0 aromatic rings. The van der Waals surface area contributed by atoms with E-state index in [1.165, 1.54) is 0 Å². The van der Waals surface area contributed by atoms with Crippen molar-refractivity contribution < 1.29 is 47.8 Å². The molecule has 0 aliphatic heterocycles. The first-order valence-electron chi connectivity index (χ1n) is 3.45. The van der Waals surface area contributed by atoms with Crippen LogP contribution in [0.3, 0.4) is 0 Å². The van der Waals surface area contributed by atoms with E-state index in [1.807, 2.05) is 0 Å². The van der Waals surface area contributed by atoms with Gasteiger partial charge in [-0.1, -0.05) is 0 Å². The number of carbonyl (C=O) groups excluding carboxylic acids is 1. The number of aliphatic carboxylic acids is 1. The summed E-state index contributed by atoms with van der Waals surface area (Å²) >= 11 is 0. The van der Waals surface area contributed by atoms with Crippen LogP contribution in [0.5, 0.6) is 0 Å². The van der Waals surface area contributed by atoms with Gasteiger partial charge in [0.05, 0.1) is 12.6 Å². The summed E-state index contributed by atoms with van der Waals surface area (Å²) in [5.41, 5.74) is 0. The molecule has 86 valence electrons. The molecule has 0 heterocycles. The van der Waals surface area contributed by atoms with Gasteiger partial charge in [0.1, 0.15) is 24.4 Å². The van der Waals surface area contributed by atoms with E-state index in [-0.39, 0.29) is 50.1 Å². The number of hydrogen-bond acceptors (Lipinski definition) is 7. The summed E-state index contributed by atoms with van der Waals surface area (Å²) in [5.74, 6) is -1.98. The molecule has 7 nitrogen and oxygen atoms in total. The second-order valence-corrected chi connectivity index (χ2v) is 2.49. The largest absolute Gasteiger partial charge is 2.00 e. The first kappa shape index (κ1) is 21.1. The molecule has 0 saturated heterocycles. The molecule has 0 radical (unpaired) electrons. The summed E-state index contributed by atoms with van der Waals surface area (Å²) in [4.78, 5) is 9.98. The molecule has 4 atom stereocenters. The van der Waals surface area contributed by atoms with Gasteiger partial charge in [0.15, 0.2) is 0 Å². The van der Waals surface area contributed by atoms with Crippen LogP contribution in [0.4, 0.5) is 0 Å². The molecule has 0 fully saturated rings. The molecule has 9 heteroatoms. The number of rotatable bonds is 5. The van der Waals surface area contributed by atoms with Crippen LogP contribution in [-0.4, -0.2) is 100 Å². The van der Waals surface area contributed by atoms with Crippen LogP contribution in [0.2, 0.25) is 0 Å². The predicted molar refractivity (Wildman–Crippen MR) is 41.9 cm³/mol. The van der Waals surface area contributed by atoms with Crippen LogP contribution < -0.4 is 17.5 Å². The fraction of sp³-hybridized carbons (Fsp3) is 0.833. The number of aliphatic hydroxyl groups is 5. The first-order valence-corrected chi connectivity index (χ1v) is 3.45. The van der Waals surface area contributed by atoms with Crippen molar-refractivity contribution >= 4 is 43.7 Å². The Balaban J connectivity index is -0.000000720. The third kappa shape index (κ3) is 6.88. The molecule has 0 amide bonds. The van der Waals surface area contributed by atoms with Gasteiger partial charge in [0.25, 0.3) is 0 Å². The molecule has 0 unspecified atom stereocenters. The van der Waals surface area contributed by atoms with E-state index in [0.29, 0.717) is 0 Å². The van der Waals surface area contributed by atoms with E-state index in [4.69, 9.17) is 25.5 Å². The minimum atomic E-state index is -2.31. The fourth-order valence-electron chi connectivity index (χ4n) is 0.662. The monoisotopic (exact) mass is 270 g/mol. The number of carbonyl (C=O) groups is 1. The van der Waals surface area contributed by atoms with Gasteiger partial charge in [-0.3, -0.25) is 0 Å². The van der Waals surface area contributed by atoms with E-state index in [2.05, 4.69) is 0 Å². The molecule has 0 rings (SSSR count). The van der Waals surface area contributed by atoms with Crippen molar-refractivity contribution in [2.75, 3.05) is 6.61 Å². The van der Waals surface area contributed by atoms with Crippen LogP contribution in [0.1, 0.15) is 0 Å². The average molecular weight is 271 g/mol. The van der Waals surface area contributed by atoms with Crippen LogP contribution in [0.25, 0.3) is 0 Å². The minimum absolute atomic E-state index is 0. The van der Waals surface area contributed by atoms with Crippen LogP contribution >= 0.6 is 0 Å². The van der Waals surface area contributed by atoms with Gasteiger partial charge in [0.2, 0.25) is 0 Å². The van der Waals surface area contributed by atoms with Crippen molar-refractivity contribution in [1.82, 2.24) is 0 Å². The van der Waals surface area contributed by atoms with Gasteiger partial charge in [-0.25, -0.2) is 0 Å². The normalized spacial score (nSPS) is 17.7. The van der Waals surface area contributed by atoms with Gasteiger partial charge >= 0.3 is 37.7 Å². The van der Waals surface area contributed by atoms with Crippen molar-refractivity contribution in [2.45, 2.75) is 24.4 Å². The third-order valence-corrected chi connectivity index (χ3v) is 1.50. The topological polar surface area (TPSA) is 141 Å². The third-order valence-electron chi connectivity index (χ3n) is 1.50. The SMILES string of the molecule is O=C([O-])[C@H](O)[C@@H](O)[C@H](O)[C@H](O)CO.[Ca+2].[Cl-]. The van der Waals surface area contributed by atoms with Crippen molar-refractivity contribution in [3.05, 3.63) is 0 Å². The van der Waals surface area contributed by atoms with Crippen molar-refractivity contribution in [3.8, 4) is 0 Å². The van der Waals surface area contributed by atoms with Gasteiger partial charge < -0.3 is 47.8 Å². The number of hydrogen-bond donors (Lipinski definition) is 5. The second kappa shape index (κ2) is 10.0. The van der Waals surface area contributed by atoms with E-state index < -0.39 is 37.0 Å². The maximum atomic E-state index is 9.98. The van der Waals surface area contributed by atoms with Gasteiger partial charge in [-0.15, -0.1) is 0 Å². The molecule has 0 aromatic carbocycles. The molecule has 0 spiro atoms. The molecular formula is C6H11CaClO7. The molecule has 5 N–H and O–H groups in total. The van der Waals surface area contributed by atoms with Gasteiger partial charge in [0, 0.05) is 0 Å². The Morgan fingerprint density at radius 3 is 1.80 bits per heavy atom. The summed E-state index contributed by atoms with van der Waals surface area (Å²) < 4.78 is 0. The van der Waals surface area contributed by atoms with Crippen molar-refractivity contribution in [3.63, 3.8) is 0 Å². The second-order valence-electron chi connectivity index (χ2n) is 2.49. The molecule has 15 heavy (non-hydrogen) atoms. The summed E-state index contributed by atoms with van der Waals surface area (Å²) in [5, 5.41) is 53.4. The molecule has 0 saturated carbocycles. The Labute approximate surface area is 122 Å². The zero-order valence-corrected chi connectivity index (χ0v) is 10.6. The van der Waals surface area contributed by atoms with Crippen molar-refractivity contribution in [1.29, 1.82) is 0 Å². The molecule has 0 aliphatic carbocycles. The van der Waals surface area contributed by atoms with E-state index >= 15 is 0 Å². The molecule has 0 bridgehead atoms. The summed E-state index contributed by atoms with van der Waals surface area (Å²) in [6.45, 7) is -0.863. The Bertz CT molecular complexity index is 181. The Kier molecular flexibility index (Phi) is 14.1. The Hall–Kier alpha value is 0.820. The van der Waals surface area contributed by atoms with Crippen molar-refractivity contribution in [2.24, 2.45) is 0 Å². The Morgan fingerprint density at radius 2 is 1.53 bits per heavy atom. The predicted octanol–water partition coefficient (Wildman–Crippen LogP) is -8.20. The average Bonchev–Trinajstić information content (AvgIpc) is 2.12. The van der Waals surface area contributed by atoms with E-state index in [0.717, 1.165) is 0 Å². The smallest absolute Gasteiger partial charge is 1.00 e. The molecular weight excluding hydrogens is 260 g/mol. The van der Waals surface area contributed by atoms with Crippen LogP contribution in [0.15, 0.2) is 0 Å². The fourth-order valence-corrected chi connectivity index (χ4v) is 0.662. The van der Waals surface area contributed by atoms with E-state index in [1.54, 1.807) is 0 Å². The standard InChI is InChI=1S/C6H12O7.Ca.ClH/c7-1-2(8)3(9)4(10)5(11)6(12)13;;/h2-5,7-11H,1H2,(H,12,13);;1H/q;+2;/p-2/t2-,3-,4+,5-;;/m1../s1. The summed E-state index contributed by atoms with van der Waals surface area (Å²) in [6.07, 6.45) is -8.08. The van der Waals surface area contributed by atoms with Crippen LogP contribution in [-0.2, 0) is 4.79 Å². The molecule has 0 aliphatic rings. The zero-order chi connectivity index (χ0) is 10.6. The van der Waals surface area contributed by atoms with E-state index in [9.17, 15) is 9.90 Å². The Morgan fingerprint density at radius 1 is 1.13 bits per heavy atom. The zero-order valence-electron chi connectivity index (χ0n) is 7.65. The van der Waals surface area contributed by atoms with Crippen LogP contribution in [0, 0.1) is 0 Å². The van der Waals surface area contributed by atoms with Gasteiger partial charge in [-0.2, -0.15) is 0 Å². The quantitative estimate of drug-likeness (QED) is 0.312.